The van der Waals surface area contributed by atoms with Gasteiger partial charge in [-0.15, -0.1) is 0 Å². The summed E-state index contributed by atoms with van der Waals surface area (Å²) in [7, 11) is 0. The molecule has 1 N–H and O–H groups in total. The van der Waals surface area contributed by atoms with Crippen molar-refractivity contribution in [3.05, 3.63) is 11.6 Å². The molecule has 10 heavy (non-hydrogen) atoms. The second-order valence-corrected chi connectivity index (χ2v) is 1.93. The van der Waals surface area contributed by atoms with Gasteiger partial charge in [-0.05, 0) is 13.0 Å². The van der Waals surface area contributed by atoms with Crippen molar-refractivity contribution >= 4 is 17.6 Å². The highest BCUT2D eigenvalue weighted by atomic mass is 35.5. The zero-order valence-electron chi connectivity index (χ0n) is 5.58. The molecule has 0 bridgehead atoms. The number of hydrogen-bond acceptors (Lipinski definition) is 2. The van der Waals surface area contributed by atoms with Crippen molar-refractivity contribution in [3.8, 4) is 0 Å². The summed E-state index contributed by atoms with van der Waals surface area (Å²) in [5.41, 5.74) is 1.29. The Morgan fingerprint density at radius 1 is 1.90 bits per heavy atom. The first-order valence-electron chi connectivity index (χ1n) is 2.78. The van der Waals surface area contributed by atoms with Gasteiger partial charge >= 0.3 is 5.97 Å². The quantitative estimate of drug-likeness (QED) is 0.680. The normalized spacial score (nSPS) is 13.8. The minimum absolute atomic E-state index is 0.233. The van der Waals surface area contributed by atoms with E-state index in [9.17, 15) is 4.79 Å². The molecule has 0 aromatic carbocycles. The van der Waals surface area contributed by atoms with E-state index in [0.717, 1.165) is 0 Å². The Balaban J connectivity index is 3.39. The molecular weight excluding hydrogens is 156 g/mol. The highest BCUT2D eigenvalue weighted by molar-refractivity contribution is 6.25. The predicted molar refractivity (Wildman–Crippen MR) is 38.0 cm³/mol. The van der Waals surface area contributed by atoms with E-state index in [2.05, 4.69) is 0 Å². The Morgan fingerprint density at radius 2 is 2.50 bits per heavy atom. The van der Waals surface area contributed by atoms with E-state index in [1.807, 2.05) is 0 Å². The van der Waals surface area contributed by atoms with Gasteiger partial charge in [-0.25, -0.2) is 4.79 Å². The summed E-state index contributed by atoms with van der Waals surface area (Å²) >= 11 is 5.16. The third-order valence-corrected chi connectivity index (χ3v) is 1.06. The average molecular weight is 165 g/mol. The number of rotatable bonds is 4. The van der Waals surface area contributed by atoms with E-state index in [4.69, 9.17) is 21.4 Å². The molecule has 0 saturated carbocycles. The predicted octanol–water partition coefficient (Wildman–Crippen LogP) is 1.23. The van der Waals surface area contributed by atoms with E-state index < -0.39 is 12.1 Å². The van der Waals surface area contributed by atoms with E-state index in [1.165, 1.54) is 18.5 Å². The van der Waals surface area contributed by atoms with Gasteiger partial charge in [-0.2, -0.15) is 0 Å². The van der Waals surface area contributed by atoms with Gasteiger partial charge in [0, 0.05) is 5.54 Å². The lowest BCUT2D eigenvalue weighted by Gasteiger charge is -2.03. The summed E-state index contributed by atoms with van der Waals surface area (Å²) in [4.78, 5) is 10.1. The summed E-state index contributed by atoms with van der Waals surface area (Å²) in [5, 5.41) is 8.30. The van der Waals surface area contributed by atoms with Crippen molar-refractivity contribution in [1.29, 1.82) is 0 Å². The molecule has 0 saturated heterocycles. The van der Waals surface area contributed by atoms with Gasteiger partial charge in [-0.3, -0.25) is 0 Å². The Bertz CT molecular complexity index is 133. The molecule has 0 fully saturated rings. The molecule has 0 spiro atoms. The van der Waals surface area contributed by atoms with Gasteiger partial charge in [0.05, 0.1) is 6.61 Å². The van der Waals surface area contributed by atoms with Crippen LogP contribution in [0.5, 0.6) is 0 Å². The molecule has 0 heterocycles. The zero-order valence-corrected chi connectivity index (χ0v) is 6.34. The number of ether oxygens (including phenoxy) is 1. The Morgan fingerprint density at radius 3 is 2.90 bits per heavy atom. The highest BCUT2D eigenvalue weighted by Crippen LogP contribution is 1.90. The minimum atomic E-state index is -0.969. The molecule has 0 aliphatic carbocycles. The third-order valence-electron chi connectivity index (χ3n) is 0.879. The van der Waals surface area contributed by atoms with E-state index in [-0.39, 0.29) is 6.61 Å². The first kappa shape index (κ1) is 9.46. The number of halogens is 1. The van der Waals surface area contributed by atoms with Crippen LogP contribution in [0, 0.1) is 0 Å². The SMILES string of the molecule is C[C@@H](OC/C=C/Cl)C(=O)O. The van der Waals surface area contributed by atoms with Crippen LogP contribution in [0.1, 0.15) is 6.92 Å². The van der Waals surface area contributed by atoms with Crippen LogP contribution in [0.25, 0.3) is 0 Å². The van der Waals surface area contributed by atoms with Gasteiger partial charge in [-0.1, -0.05) is 11.6 Å². The number of carboxylic acids is 1. The molecule has 58 valence electrons. The summed E-state index contributed by atoms with van der Waals surface area (Å²) in [6.45, 7) is 1.70. The van der Waals surface area contributed by atoms with Gasteiger partial charge in [0.25, 0.3) is 0 Å². The van der Waals surface area contributed by atoms with Crippen molar-refractivity contribution in [2.24, 2.45) is 0 Å². The number of hydrogen-bond donors (Lipinski definition) is 1. The maximum Gasteiger partial charge on any atom is 0.332 e. The fourth-order valence-corrected chi connectivity index (χ4v) is 0.380. The molecule has 0 radical (unpaired) electrons. The van der Waals surface area contributed by atoms with E-state index >= 15 is 0 Å². The molecule has 1 atom stereocenters. The van der Waals surface area contributed by atoms with Crippen molar-refractivity contribution < 1.29 is 14.6 Å². The van der Waals surface area contributed by atoms with Crippen molar-refractivity contribution in [1.82, 2.24) is 0 Å². The summed E-state index contributed by atoms with van der Waals surface area (Å²) < 4.78 is 4.77. The van der Waals surface area contributed by atoms with Crippen molar-refractivity contribution in [2.45, 2.75) is 13.0 Å². The van der Waals surface area contributed by atoms with Crippen LogP contribution in [0.2, 0.25) is 0 Å². The third kappa shape index (κ3) is 4.35. The van der Waals surface area contributed by atoms with Crippen LogP contribution >= 0.6 is 11.6 Å². The molecule has 0 unspecified atom stereocenters. The Labute approximate surface area is 64.2 Å². The smallest absolute Gasteiger partial charge is 0.332 e. The average Bonchev–Trinajstić information content (AvgIpc) is 1.88. The van der Waals surface area contributed by atoms with Crippen molar-refractivity contribution in [2.75, 3.05) is 6.61 Å². The fraction of sp³-hybridized carbons (Fsp3) is 0.500. The number of carboxylic acid groups (broad SMARTS) is 1. The van der Waals surface area contributed by atoms with Gasteiger partial charge in [0.2, 0.25) is 0 Å². The Kier molecular flexibility index (Phi) is 4.98. The molecule has 0 aliphatic rings. The monoisotopic (exact) mass is 164 g/mol. The second-order valence-electron chi connectivity index (χ2n) is 1.68. The topological polar surface area (TPSA) is 46.5 Å². The fourth-order valence-electron chi connectivity index (χ4n) is 0.308. The number of aliphatic carboxylic acids is 1. The minimum Gasteiger partial charge on any atom is -0.479 e. The van der Waals surface area contributed by atoms with Crippen LogP contribution in [-0.4, -0.2) is 23.8 Å². The molecule has 3 nitrogen and oxygen atoms in total. The molecule has 0 aliphatic heterocycles. The largest absolute Gasteiger partial charge is 0.479 e. The number of carbonyl (C=O) groups is 1. The van der Waals surface area contributed by atoms with Crippen molar-refractivity contribution in [3.63, 3.8) is 0 Å². The van der Waals surface area contributed by atoms with Gasteiger partial charge in [0.1, 0.15) is 0 Å². The summed E-state index contributed by atoms with van der Waals surface area (Å²) in [6, 6.07) is 0. The first-order valence-corrected chi connectivity index (χ1v) is 3.21. The molecule has 0 aromatic heterocycles. The van der Waals surface area contributed by atoms with Crippen LogP contribution in [0.4, 0.5) is 0 Å². The molecule has 0 rings (SSSR count). The lowest BCUT2D eigenvalue weighted by molar-refractivity contribution is -0.148. The van der Waals surface area contributed by atoms with Crippen LogP contribution in [0.15, 0.2) is 11.6 Å². The molecule has 0 amide bonds. The van der Waals surface area contributed by atoms with Crippen LogP contribution < -0.4 is 0 Å². The van der Waals surface area contributed by atoms with E-state index in [1.54, 1.807) is 0 Å². The Hall–Kier alpha value is -0.540. The molecule has 0 aromatic rings. The summed E-state index contributed by atoms with van der Waals surface area (Å²) in [5.74, 6) is -0.969. The summed E-state index contributed by atoms with van der Waals surface area (Å²) in [6.07, 6.45) is 0.758. The lowest BCUT2D eigenvalue weighted by atomic mass is 10.4. The lowest BCUT2D eigenvalue weighted by Crippen LogP contribution is -2.19. The molecule has 4 heteroatoms. The van der Waals surface area contributed by atoms with Crippen LogP contribution in [-0.2, 0) is 9.53 Å². The van der Waals surface area contributed by atoms with Gasteiger partial charge in [0.15, 0.2) is 6.10 Å². The second kappa shape index (κ2) is 5.26. The van der Waals surface area contributed by atoms with E-state index in [0.29, 0.717) is 0 Å². The first-order chi connectivity index (χ1) is 4.68. The zero-order chi connectivity index (χ0) is 7.98. The van der Waals surface area contributed by atoms with Gasteiger partial charge < -0.3 is 9.84 Å². The maximum atomic E-state index is 10.1. The highest BCUT2D eigenvalue weighted by Gasteiger charge is 2.08. The van der Waals surface area contributed by atoms with Crippen LogP contribution in [0.3, 0.4) is 0 Å². The molecular formula is C6H9ClO3. The standard InChI is InChI=1S/C6H9ClO3/c1-5(6(8)9)10-4-2-3-7/h2-3,5H,4H2,1H3,(H,8,9)/b3-2+/t5-/m1/s1. The maximum absolute atomic E-state index is 10.1.